The monoisotopic (exact) mass is 341 g/mol. The lowest BCUT2D eigenvalue weighted by molar-refractivity contribution is 0.509. The van der Waals surface area contributed by atoms with Crippen molar-refractivity contribution in [2.45, 2.75) is 13.3 Å². The van der Waals surface area contributed by atoms with Gasteiger partial charge >= 0.3 is 0 Å². The Bertz CT molecular complexity index is 898. The SMILES string of the molecule is CCc1ccccc1Nc1ncnc(Nc2ccc(F)c(F)c2)c1N. The first kappa shape index (κ1) is 16.6. The Morgan fingerprint density at radius 3 is 2.40 bits per heavy atom. The smallest absolute Gasteiger partial charge is 0.160 e. The van der Waals surface area contributed by atoms with Crippen LogP contribution in [-0.2, 0) is 6.42 Å². The van der Waals surface area contributed by atoms with Crippen LogP contribution in [0, 0.1) is 11.6 Å². The van der Waals surface area contributed by atoms with E-state index in [1.165, 1.54) is 12.4 Å². The first-order valence-corrected chi connectivity index (χ1v) is 7.76. The zero-order valence-corrected chi connectivity index (χ0v) is 13.6. The second-order valence-electron chi connectivity index (χ2n) is 5.37. The average Bonchev–Trinajstić information content (AvgIpc) is 2.62. The highest BCUT2D eigenvalue weighted by Gasteiger charge is 2.11. The highest BCUT2D eigenvalue weighted by molar-refractivity contribution is 5.80. The van der Waals surface area contributed by atoms with Crippen LogP contribution in [0.1, 0.15) is 12.5 Å². The molecule has 0 aliphatic heterocycles. The molecular weight excluding hydrogens is 324 g/mol. The van der Waals surface area contributed by atoms with Gasteiger partial charge in [-0.2, -0.15) is 0 Å². The molecule has 0 unspecified atom stereocenters. The van der Waals surface area contributed by atoms with Gasteiger partial charge in [-0.05, 0) is 30.2 Å². The third kappa shape index (κ3) is 3.65. The van der Waals surface area contributed by atoms with Crippen molar-refractivity contribution in [1.82, 2.24) is 9.97 Å². The van der Waals surface area contributed by atoms with E-state index in [0.29, 0.717) is 17.3 Å². The molecule has 0 saturated carbocycles. The number of nitrogen functional groups attached to an aromatic ring is 1. The van der Waals surface area contributed by atoms with Gasteiger partial charge < -0.3 is 16.4 Å². The van der Waals surface area contributed by atoms with Gasteiger partial charge in [0.25, 0.3) is 0 Å². The number of nitrogens with two attached hydrogens (primary N) is 1. The van der Waals surface area contributed by atoms with Crippen molar-refractivity contribution in [3.63, 3.8) is 0 Å². The van der Waals surface area contributed by atoms with Gasteiger partial charge in [0.05, 0.1) is 0 Å². The quantitative estimate of drug-likeness (QED) is 0.642. The minimum Gasteiger partial charge on any atom is -0.393 e. The number of hydrogen-bond donors (Lipinski definition) is 3. The minimum absolute atomic E-state index is 0.276. The Hall–Kier alpha value is -3.22. The van der Waals surface area contributed by atoms with Gasteiger partial charge in [-0.3, -0.25) is 0 Å². The Kier molecular flexibility index (Phi) is 4.74. The highest BCUT2D eigenvalue weighted by Crippen LogP contribution is 2.29. The van der Waals surface area contributed by atoms with Crippen molar-refractivity contribution in [2.24, 2.45) is 0 Å². The van der Waals surface area contributed by atoms with E-state index in [2.05, 4.69) is 27.5 Å². The topological polar surface area (TPSA) is 75.9 Å². The number of aromatic nitrogens is 2. The summed E-state index contributed by atoms with van der Waals surface area (Å²) in [5.74, 6) is -1.13. The van der Waals surface area contributed by atoms with Crippen LogP contribution in [0.15, 0.2) is 48.8 Å². The molecule has 0 aliphatic rings. The van der Waals surface area contributed by atoms with Crippen LogP contribution < -0.4 is 16.4 Å². The van der Waals surface area contributed by atoms with Gasteiger partial charge in [-0.25, -0.2) is 18.7 Å². The van der Waals surface area contributed by atoms with Gasteiger partial charge in [0, 0.05) is 17.4 Å². The molecule has 1 heterocycles. The third-order valence-electron chi connectivity index (χ3n) is 3.72. The lowest BCUT2D eigenvalue weighted by atomic mass is 10.1. The maximum Gasteiger partial charge on any atom is 0.160 e. The van der Waals surface area contributed by atoms with Crippen LogP contribution in [0.5, 0.6) is 0 Å². The number of hydrogen-bond acceptors (Lipinski definition) is 5. The summed E-state index contributed by atoms with van der Waals surface area (Å²) in [5, 5.41) is 6.06. The Labute approximate surface area is 143 Å². The highest BCUT2D eigenvalue weighted by atomic mass is 19.2. The van der Waals surface area contributed by atoms with Gasteiger partial charge in [0.1, 0.15) is 12.0 Å². The predicted octanol–water partition coefficient (Wildman–Crippen LogP) is 4.39. The summed E-state index contributed by atoms with van der Waals surface area (Å²) >= 11 is 0. The summed E-state index contributed by atoms with van der Waals surface area (Å²) in [6.45, 7) is 2.06. The third-order valence-corrected chi connectivity index (χ3v) is 3.72. The number of rotatable bonds is 5. The number of aryl methyl sites for hydroxylation is 1. The fourth-order valence-electron chi connectivity index (χ4n) is 2.38. The largest absolute Gasteiger partial charge is 0.393 e. The van der Waals surface area contributed by atoms with Gasteiger partial charge in [0.15, 0.2) is 23.3 Å². The maximum atomic E-state index is 13.3. The second-order valence-corrected chi connectivity index (χ2v) is 5.37. The van der Waals surface area contributed by atoms with E-state index in [9.17, 15) is 8.78 Å². The molecular formula is C18H17F2N5. The molecule has 3 aromatic rings. The summed E-state index contributed by atoms with van der Waals surface area (Å²) in [7, 11) is 0. The van der Waals surface area contributed by atoms with Crippen LogP contribution in [0.2, 0.25) is 0 Å². The molecule has 0 bridgehead atoms. The molecule has 7 heteroatoms. The van der Waals surface area contributed by atoms with Crippen molar-refractivity contribution < 1.29 is 8.78 Å². The molecule has 1 aromatic heterocycles. The fourth-order valence-corrected chi connectivity index (χ4v) is 2.38. The molecule has 3 rings (SSSR count). The first-order chi connectivity index (χ1) is 12.1. The molecule has 0 fully saturated rings. The minimum atomic E-state index is -0.951. The van der Waals surface area contributed by atoms with E-state index in [4.69, 9.17) is 5.73 Å². The Morgan fingerprint density at radius 1 is 0.960 bits per heavy atom. The van der Waals surface area contributed by atoms with Crippen LogP contribution in [0.25, 0.3) is 0 Å². The molecule has 0 saturated heterocycles. The molecule has 5 nitrogen and oxygen atoms in total. The fraction of sp³-hybridized carbons (Fsp3) is 0.111. The number of benzene rings is 2. The standard InChI is InChI=1S/C18H17F2N5/c1-2-11-5-3-4-6-15(11)25-18-16(21)17(22-10-23-18)24-12-7-8-13(19)14(20)9-12/h3-10H,2,21H2,1H3,(H2,22,23,24,25). The molecule has 4 N–H and O–H groups in total. The molecule has 0 amide bonds. The zero-order chi connectivity index (χ0) is 17.8. The van der Waals surface area contributed by atoms with Gasteiger partial charge in [0.2, 0.25) is 0 Å². The summed E-state index contributed by atoms with van der Waals surface area (Å²) in [5.41, 5.74) is 8.75. The van der Waals surface area contributed by atoms with Crippen LogP contribution in [0.3, 0.4) is 0 Å². The Morgan fingerprint density at radius 2 is 1.68 bits per heavy atom. The van der Waals surface area contributed by atoms with E-state index in [1.807, 2.05) is 24.3 Å². The van der Waals surface area contributed by atoms with Crippen LogP contribution in [-0.4, -0.2) is 9.97 Å². The zero-order valence-electron chi connectivity index (χ0n) is 13.6. The number of nitrogens with one attached hydrogen (secondary N) is 2. The summed E-state index contributed by atoms with van der Waals surface area (Å²) in [6, 6.07) is 11.3. The second kappa shape index (κ2) is 7.12. The average molecular weight is 341 g/mol. The van der Waals surface area contributed by atoms with Crippen LogP contribution >= 0.6 is 0 Å². The summed E-state index contributed by atoms with van der Waals surface area (Å²) in [6.07, 6.45) is 2.20. The molecule has 2 aromatic carbocycles. The van der Waals surface area contributed by atoms with E-state index >= 15 is 0 Å². The molecule has 0 atom stereocenters. The molecule has 128 valence electrons. The number of para-hydroxylation sites is 1. The van der Waals surface area contributed by atoms with Crippen molar-refractivity contribution >= 4 is 28.7 Å². The van der Waals surface area contributed by atoms with E-state index in [1.54, 1.807) is 0 Å². The van der Waals surface area contributed by atoms with E-state index in [-0.39, 0.29) is 5.69 Å². The van der Waals surface area contributed by atoms with Crippen molar-refractivity contribution in [1.29, 1.82) is 0 Å². The van der Waals surface area contributed by atoms with E-state index in [0.717, 1.165) is 29.8 Å². The van der Waals surface area contributed by atoms with Crippen LogP contribution in [0.4, 0.5) is 37.5 Å². The normalized spacial score (nSPS) is 10.5. The maximum absolute atomic E-state index is 13.3. The molecule has 0 aliphatic carbocycles. The van der Waals surface area contributed by atoms with Crippen molar-refractivity contribution in [3.05, 3.63) is 66.0 Å². The summed E-state index contributed by atoms with van der Waals surface area (Å²) < 4.78 is 26.4. The van der Waals surface area contributed by atoms with Gasteiger partial charge in [-0.15, -0.1) is 0 Å². The molecule has 0 radical (unpaired) electrons. The predicted molar refractivity (Wildman–Crippen MR) is 95.2 cm³/mol. The lowest BCUT2D eigenvalue weighted by Crippen LogP contribution is -2.06. The lowest BCUT2D eigenvalue weighted by Gasteiger charge is -2.14. The van der Waals surface area contributed by atoms with Crippen molar-refractivity contribution in [3.8, 4) is 0 Å². The molecule has 0 spiro atoms. The number of nitrogens with zero attached hydrogens (tertiary/aromatic N) is 2. The first-order valence-electron chi connectivity index (χ1n) is 7.76. The Balaban J connectivity index is 1.88. The molecule has 25 heavy (non-hydrogen) atoms. The van der Waals surface area contributed by atoms with E-state index < -0.39 is 11.6 Å². The number of halogens is 2. The van der Waals surface area contributed by atoms with Crippen molar-refractivity contribution in [2.75, 3.05) is 16.4 Å². The number of anilines is 5. The summed E-state index contributed by atoms with van der Waals surface area (Å²) in [4.78, 5) is 8.23. The van der Waals surface area contributed by atoms with Gasteiger partial charge in [-0.1, -0.05) is 25.1 Å².